The van der Waals surface area contributed by atoms with E-state index in [1.807, 2.05) is 56.3 Å². The molecule has 0 radical (unpaired) electrons. The number of hydrogen-bond acceptors (Lipinski definition) is 17. The number of benzene rings is 6. The van der Waals surface area contributed by atoms with Crippen molar-refractivity contribution in [3.63, 3.8) is 0 Å². The van der Waals surface area contributed by atoms with Crippen molar-refractivity contribution in [1.82, 2.24) is 19.9 Å². The molecular weight excluding hydrogens is 1700 g/mol. The number of fused-ring (bicyclic) bond motifs is 2. The number of carboxylic acids is 2. The zero-order chi connectivity index (χ0) is 72.4. The zero-order valence-corrected chi connectivity index (χ0v) is 66.2. The number of nitrogen functional groups attached to an aromatic ring is 2. The Labute approximate surface area is 625 Å². The summed E-state index contributed by atoms with van der Waals surface area (Å²) in [5.41, 5.74) is 19.7. The molecule has 0 unspecified atom stereocenters. The smallest absolute Gasteiger partial charge is 0.481 e. The van der Waals surface area contributed by atoms with Crippen molar-refractivity contribution in [2.75, 3.05) is 22.1 Å². The predicted octanol–water partition coefficient (Wildman–Crippen LogP) is 16.2. The number of para-hydroxylation sites is 2. The van der Waals surface area contributed by atoms with Crippen LogP contribution < -0.4 is 27.6 Å². The number of carbonyl (C=O) groups excluding carboxylic acids is 7. The van der Waals surface area contributed by atoms with E-state index in [1.165, 1.54) is 48.5 Å². The quantitative estimate of drug-likeness (QED) is 0.0374. The standard InChI is InChI=1S/C15H19BN2O2.C10H10BrNO2.C10H11NO2.C9H7BrN2.C8H8BrNO.C8H9NO.C2H3ClO.2C2H4O2.Br2.ClH.Pd/c1-10-12-8-11(6-7-13(12)18-9-17-10)16-19-14(2,3)15(4,5)20-16;1-6(13)9-5-8(11)3-4-10(9)12-7(2)14;1-7(12)9-5-3-4-6-10(9)11-8(2)13;1-6-8-4-7(10)2-3-9(8)12-5-11-6;1-5(11)7-4-6(9)2-3-8(7)10;1-6(10)7-4-2-3-5-8(7)9;3*1-2(3)4;1-2;;/h6-9H,1-5H3;3-5H,1-2H3,(H,12,14);3-6H,1-2H3,(H,11,13);2-5H,1H3;2-4H,10H2,1H3;2-5H,9H2,1H3;1H3;2*1H3,(H,3,4);;1H;. The van der Waals surface area contributed by atoms with Gasteiger partial charge >= 0.3 is 7.12 Å². The molecule has 30 heteroatoms. The number of carbonyl (C=O) groups is 9. The number of ketones is 4. The van der Waals surface area contributed by atoms with E-state index >= 15 is 0 Å². The van der Waals surface area contributed by atoms with Gasteiger partial charge in [-0.2, -0.15) is 0 Å². The monoisotopic (exact) mass is 1770 g/mol. The van der Waals surface area contributed by atoms with Crippen LogP contribution in [0.15, 0.2) is 147 Å². The van der Waals surface area contributed by atoms with E-state index in [9.17, 15) is 33.6 Å². The van der Waals surface area contributed by atoms with Crippen molar-refractivity contribution < 1.29 is 83.1 Å². The van der Waals surface area contributed by atoms with E-state index in [0.29, 0.717) is 45.0 Å². The number of aromatic nitrogens is 4. The maximum atomic E-state index is 11.2. The van der Waals surface area contributed by atoms with Gasteiger partial charge in [0, 0.05) is 153 Å². The van der Waals surface area contributed by atoms with Gasteiger partial charge in [-0.3, -0.25) is 43.2 Å². The van der Waals surface area contributed by atoms with E-state index in [1.54, 1.807) is 85.5 Å². The summed E-state index contributed by atoms with van der Waals surface area (Å²) >= 11 is 20.1. The van der Waals surface area contributed by atoms with Crippen LogP contribution in [0.3, 0.4) is 0 Å². The van der Waals surface area contributed by atoms with Gasteiger partial charge in [0.15, 0.2) is 23.1 Å². The number of nitrogens with zero attached hydrogens (tertiary/aromatic N) is 4. The van der Waals surface area contributed by atoms with Gasteiger partial charge in [0.1, 0.15) is 12.7 Å². The molecule has 2 amide bonds. The van der Waals surface area contributed by atoms with Crippen LogP contribution in [0, 0.1) is 13.8 Å². The normalized spacial score (nSPS) is 11.2. The number of nitrogens with one attached hydrogen (secondary N) is 2. The molecule has 8 aromatic rings. The minimum atomic E-state index is -0.833. The third-order valence-corrected chi connectivity index (χ3v) is 13.7. The molecule has 1 saturated heterocycles. The van der Waals surface area contributed by atoms with Crippen LogP contribution in [0.2, 0.25) is 0 Å². The van der Waals surface area contributed by atoms with Gasteiger partial charge in [-0.1, -0.05) is 84.2 Å². The number of carboxylic acid groups (broad SMARTS) is 2. The Morgan fingerprint density at radius 1 is 0.479 bits per heavy atom. The third-order valence-electron chi connectivity index (χ3n) is 12.2. The van der Waals surface area contributed by atoms with E-state index in [2.05, 4.69) is 152 Å². The molecule has 2 aromatic heterocycles. The molecule has 0 spiro atoms. The first-order valence-corrected chi connectivity index (χ1v) is 34.2. The number of Topliss-reactive ketones (excluding diaryl/α,β-unsaturated/α-hetero) is 4. The number of rotatable bonds is 7. The van der Waals surface area contributed by atoms with Gasteiger partial charge in [0.2, 0.25) is 17.1 Å². The molecule has 8 N–H and O–H groups in total. The van der Waals surface area contributed by atoms with E-state index < -0.39 is 11.9 Å². The fourth-order valence-corrected chi connectivity index (χ4v) is 8.42. The molecule has 96 heavy (non-hydrogen) atoms. The molecule has 0 aliphatic carbocycles. The molecule has 9 rings (SSSR count). The predicted molar refractivity (Wildman–Crippen MR) is 399 cm³/mol. The summed E-state index contributed by atoms with van der Waals surface area (Å²) in [6, 6.07) is 36.4. The van der Waals surface area contributed by atoms with E-state index in [0.717, 1.165) is 65.9 Å². The molecule has 0 bridgehead atoms. The summed E-state index contributed by atoms with van der Waals surface area (Å²) in [5.74, 6) is -2.15. The molecule has 6 aromatic carbocycles. The summed E-state index contributed by atoms with van der Waals surface area (Å²) in [6.07, 6.45) is 3.18. The Balaban J connectivity index is -0.00000105. The van der Waals surface area contributed by atoms with Crippen molar-refractivity contribution >= 4 is 209 Å². The summed E-state index contributed by atoms with van der Waals surface area (Å²) in [5, 5.41) is 21.8. The number of hydrogen-bond donors (Lipinski definition) is 6. The van der Waals surface area contributed by atoms with Gasteiger partial charge in [0.25, 0.3) is 11.9 Å². The number of nitrogens with two attached hydrogens (primary N) is 2. The molecule has 1 aliphatic rings. The summed E-state index contributed by atoms with van der Waals surface area (Å²) in [4.78, 5) is 110. The fraction of sp³-hybridized carbons (Fsp3) is 0.258. The van der Waals surface area contributed by atoms with Crippen molar-refractivity contribution in [2.45, 2.75) is 115 Å². The Bertz CT molecular complexity index is 3880. The topological polar surface area (TPSA) is 340 Å². The maximum Gasteiger partial charge on any atom is 0.494 e. The molecule has 21 nitrogen and oxygen atoms in total. The van der Waals surface area contributed by atoms with Gasteiger partial charge in [-0.05, 0) is 171 Å². The Morgan fingerprint density at radius 2 is 0.812 bits per heavy atom. The van der Waals surface area contributed by atoms with Crippen LogP contribution in [0.4, 0.5) is 22.7 Å². The second-order valence-electron chi connectivity index (χ2n) is 20.6. The number of aryl methyl sites for hydroxylation is 2. The molecule has 0 atom stereocenters. The fourth-order valence-electron chi connectivity index (χ4n) is 7.33. The van der Waals surface area contributed by atoms with Gasteiger partial charge < -0.3 is 41.6 Å². The van der Waals surface area contributed by atoms with Crippen molar-refractivity contribution in [3.8, 4) is 0 Å². The van der Waals surface area contributed by atoms with Crippen LogP contribution in [-0.2, 0) is 53.7 Å². The van der Waals surface area contributed by atoms with Gasteiger partial charge in [0.05, 0.1) is 33.6 Å². The van der Waals surface area contributed by atoms with E-state index in [-0.39, 0.29) is 91.3 Å². The Kier molecular flexibility index (Phi) is 46.2. The largest absolute Gasteiger partial charge is 0.494 e. The number of amides is 2. The van der Waals surface area contributed by atoms with Crippen LogP contribution in [0.1, 0.15) is 143 Å². The summed E-state index contributed by atoms with van der Waals surface area (Å²) in [7, 11) is -0.344. The molecule has 520 valence electrons. The first kappa shape index (κ1) is 93.6. The number of halogens is 7. The van der Waals surface area contributed by atoms with Crippen LogP contribution >= 0.6 is 100 Å². The number of anilines is 4. The minimum Gasteiger partial charge on any atom is -0.481 e. The zero-order valence-electron chi connectivity index (χ0n) is 55.1. The van der Waals surface area contributed by atoms with Crippen molar-refractivity contribution in [3.05, 3.63) is 181 Å². The first-order valence-electron chi connectivity index (χ1n) is 27.7. The average Bonchev–Trinajstić information content (AvgIpc) is 1.59. The molecule has 1 aliphatic heterocycles. The van der Waals surface area contributed by atoms with Crippen molar-refractivity contribution in [2.24, 2.45) is 0 Å². The minimum absolute atomic E-state index is 0. The van der Waals surface area contributed by atoms with Gasteiger partial charge in [-0.15, -0.1) is 12.4 Å². The second-order valence-corrected chi connectivity index (χ2v) is 23.9. The van der Waals surface area contributed by atoms with Crippen LogP contribution in [0.5, 0.6) is 0 Å². The second kappa shape index (κ2) is 47.4. The third kappa shape index (κ3) is 36.2. The summed E-state index contributed by atoms with van der Waals surface area (Å²) < 4.78 is 14.9. The Hall–Kier alpha value is -6.54. The molecule has 0 saturated carbocycles. The molecule has 3 heterocycles. The SMILES string of the molecule is BrBr.CC(=O)Cl.CC(=O)Nc1ccc(Br)cc1C(C)=O.CC(=O)Nc1ccccc1C(C)=O.CC(=O)O.CC(=O)O.CC(=O)c1cc(Br)ccc1N.CC(=O)c1ccccc1N.Cc1ncnc2ccc(B3OC(C)(C)C(C)(C)O3)cc12.Cc1ncnc2ccc(Br)cc12.Cl.[Pd]. The van der Waals surface area contributed by atoms with Crippen molar-refractivity contribution in [1.29, 1.82) is 0 Å². The maximum absolute atomic E-state index is 11.2. The average molecular weight is 1780 g/mol. The number of aliphatic carboxylic acids is 2. The van der Waals surface area contributed by atoms with Crippen LogP contribution in [-0.4, -0.2) is 101 Å². The Morgan fingerprint density at radius 3 is 1.21 bits per heavy atom. The summed E-state index contributed by atoms with van der Waals surface area (Å²) in [6.45, 7) is 24.4. The van der Waals surface area contributed by atoms with E-state index in [4.69, 9.17) is 40.6 Å². The first-order chi connectivity index (χ1) is 43.7. The molecule has 1 fully saturated rings. The molecular formula is C66H76BBr5Cl2N8O13Pd. The van der Waals surface area contributed by atoms with Gasteiger partial charge in [-0.25, -0.2) is 19.9 Å². The van der Waals surface area contributed by atoms with Crippen LogP contribution in [0.25, 0.3) is 21.8 Å².